The van der Waals surface area contributed by atoms with Crippen LogP contribution >= 0.6 is 11.6 Å². The highest BCUT2D eigenvalue weighted by molar-refractivity contribution is 6.22. The Morgan fingerprint density at radius 1 is 1.31 bits per heavy atom. The van der Waals surface area contributed by atoms with Crippen LogP contribution in [0.25, 0.3) is 0 Å². The number of fused-ring (bicyclic) bond motifs is 1. The lowest BCUT2D eigenvalue weighted by molar-refractivity contribution is -0.162. The summed E-state index contributed by atoms with van der Waals surface area (Å²) in [6.07, 6.45) is 4.96. The van der Waals surface area contributed by atoms with Crippen LogP contribution in [0.1, 0.15) is 32.6 Å². The predicted octanol–water partition coefficient (Wildman–Crippen LogP) is 2.35. The number of rotatable bonds is 1. The Morgan fingerprint density at radius 3 is 2.54 bits per heavy atom. The average Bonchev–Trinajstić information content (AvgIpc) is 2.13. The normalized spacial score (nSPS) is 43.2. The number of hydrogen-bond donors (Lipinski definition) is 0. The highest BCUT2D eigenvalue weighted by Crippen LogP contribution is 2.49. The first kappa shape index (κ1) is 9.32. The molecule has 2 rings (SSSR count). The van der Waals surface area contributed by atoms with E-state index in [0.717, 1.165) is 0 Å². The van der Waals surface area contributed by atoms with Gasteiger partial charge in [0.25, 0.3) is 0 Å². The summed E-state index contributed by atoms with van der Waals surface area (Å²) in [5.41, 5.74) is 0. The van der Waals surface area contributed by atoms with Crippen molar-refractivity contribution in [1.29, 1.82) is 0 Å². The summed E-state index contributed by atoms with van der Waals surface area (Å²) in [6, 6.07) is 0. The Labute approximate surface area is 83.6 Å². The van der Waals surface area contributed by atoms with Gasteiger partial charge >= 0.3 is 5.97 Å². The molecule has 2 aliphatic carbocycles. The highest BCUT2D eigenvalue weighted by atomic mass is 35.5. The Balaban J connectivity index is 1.94. The molecule has 0 aromatic carbocycles. The van der Waals surface area contributed by atoms with Crippen molar-refractivity contribution in [1.82, 2.24) is 0 Å². The number of halogens is 1. The summed E-state index contributed by atoms with van der Waals surface area (Å²) < 4.78 is 5.20. The van der Waals surface area contributed by atoms with Gasteiger partial charge in [0, 0.05) is 12.8 Å². The molecule has 0 radical (unpaired) electrons. The number of carbonyl (C=O) groups excluding carboxylic acids is 1. The Kier molecular flexibility index (Phi) is 2.50. The summed E-state index contributed by atoms with van der Waals surface area (Å²) in [7, 11) is 0. The van der Waals surface area contributed by atoms with Crippen molar-refractivity contribution >= 4 is 17.6 Å². The lowest BCUT2D eigenvalue weighted by Gasteiger charge is -2.50. The van der Waals surface area contributed by atoms with Gasteiger partial charge in [0.05, 0.1) is 5.38 Å². The van der Waals surface area contributed by atoms with Crippen LogP contribution in [0, 0.1) is 11.8 Å². The first-order chi connectivity index (χ1) is 6.20. The Morgan fingerprint density at radius 2 is 1.92 bits per heavy atom. The van der Waals surface area contributed by atoms with Crippen LogP contribution in [0.2, 0.25) is 0 Å². The molecule has 0 heterocycles. The van der Waals surface area contributed by atoms with Gasteiger partial charge in [-0.25, -0.2) is 0 Å². The Hall–Kier alpha value is -0.240. The predicted molar refractivity (Wildman–Crippen MR) is 50.6 cm³/mol. The molecule has 13 heavy (non-hydrogen) atoms. The van der Waals surface area contributed by atoms with E-state index in [4.69, 9.17) is 16.3 Å². The SMILES string of the molecule is CC(=O)O[C@H]1[C@@H](Cl)[C@H]2CCCC[C@@H]21. The van der Waals surface area contributed by atoms with E-state index in [1.54, 1.807) is 0 Å². The van der Waals surface area contributed by atoms with Crippen molar-refractivity contribution in [2.45, 2.75) is 44.1 Å². The Bertz CT molecular complexity index is 217. The lowest BCUT2D eigenvalue weighted by atomic mass is 9.63. The first-order valence-electron chi connectivity index (χ1n) is 5.01. The molecule has 2 saturated carbocycles. The first-order valence-corrected chi connectivity index (χ1v) is 5.45. The van der Waals surface area contributed by atoms with E-state index >= 15 is 0 Å². The van der Waals surface area contributed by atoms with Crippen molar-refractivity contribution in [3.05, 3.63) is 0 Å². The minimum atomic E-state index is -0.195. The minimum absolute atomic E-state index is 0.00414. The monoisotopic (exact) mass is 202 g/mol. The van der Waals surface area contributed by atoms with Crippen LogP contribution in [0.4, 0.5) is 0 Å². The molecule has 0 aromatic heterocycles. The average molecular weight is 203 g/mol. The maximum absolute atomic E-state index is 10.8. The topological polar surface area (TPSA) is 26.3 Å². The third-order valence-corrected chi connectivity index (χ3v) is 3.89. The molecule has 0 N–H and O–H groups in total. The van der Waals surface area contributed by atoms with Crippen LogP contribution < -0.4 is 0 Å². The van der Waals surface area contributed by atoms with Crippen molar-refractivity contribution in [2.24, 2.45) is 11.8 Å². The summed E-state index contributed by atoms with van der Waals surface area (Å²) in [4.78, 5) is 10.8. The van der Waals surface area contributed by atoms with Crippen LogP contribution in [-0.4, -0.2) is 17.5 Å². The fourth-order valence-electron chi connectivity index (χ4n) is 2.67. The number of alkyl halides is 1. The van der Waals surface area contributed by atoms with Gasteiger partial charge in [0.2, 0.25) is 0 Å². The third-order valence-electron chi connectivity index (χ3n) is 3.32. The van der Waals surface area contributed by atoms with E-state index in [1.807, 2.05) is 0 Å². The minimum Gasteiger partial charge on any atom is -0.461 e. The standard InChI is InChI=1S/C10H15ClO2/c1-6(12)13-10-8-5-3-2-4-7(8)9(10)11/h7-10H,2-5H2,1H3/t7-,8-,9-,10+/m0/s1. The summed E-state index contributed by atoms with van der Waals surface area (Å²) in [6.45, 7) is 1.46. The zero-order chi connectivity index (χ0) is 9.42. The zero-order valence-corrected chi connectivity index (χ0v) is 8.59. The van der Waals surface area contributed by atoms with Crippen molar-refractivity contribution in [3.8, 4) is 0 Å². The van der Waals surface area contributed by atoms with Crippen molar-refractivity contribution in [3.63, 3.8) is 0 Å². The zero-order valence-electron chi connectivity index (χ0n) is 7.83. The smallest absolute Gasteiger partial charge is 0.302 e. The molecule has 0 aromatic rings. The van der Waals surface area contributed by atoms with E-state index in [2.05, 4.69) is 0 Å². The van der Waals surface area contributed by atoms with Gasteiger partial charge in [-0.1, -0.05) is 12.8 Å². The van der Waals surface area contributed by atoms with Crippen LogP contribution in [-0.2, 0) is 9.53 Å². The van der Waals surface area contributed by atoms with Crippen LogP contribution in [0.3, 0.4) is 0 Å². The van der Waals surface area contributed by atoms with E-state index in [1.165, 1.54) is 32.6 Å². The van der Waals surface area contributed by atoms with Crippen molar-refractivity contribution in [2.75, 3.05) is 0 Å². The molecular formula is C10H15ClO2. The van der Waals surface area contributed by atoms with E-state index < -0.39 is 0 Å². The quantitative estimate of drug-likeness (QED) is 0.482. The lowest BCUT2D eigenvalue weighted by Crippen LogP contribution is -2.55. The second-order valence-electron chi connectivity index (χ2n) is 4.13. The number of carbonyl (C=O) groups is 1. The van der Waals surface area contributed by atoms with Gasteiger partial charge in [-0.05, 0) is 18.8 Å². The van der Waals surface area contributed by atoms with Gasteiger partial charge in [-0.15, -0.1) is 11.6 Å². The molecular weight excluding hydrogens is 188 g/mol. The van der Waals surface area contributed by atoms with E-state index in [-0.39, 0.29) is 17.5 Å². The maximum Gasteiger partial charge on any atom is 0.302 e. The third kappa shape index (κ3) is 1.56. The molecule has 2 aliphatic rings. The van der Waals surface area contributed by atoms with E-state index in [9.17, 15) is 4.79 Å². The highest BCUT2D eigenvalue weighted by Gasteiger charge is 2.51. The molecule has 2 nitrogen and oxygen atoms in total. The van der Waals surface area contributed by atoms with Crippen LogP contribution in [0.15, 0.2) is 0 Å². The molecule has 3 heteroatoms. The molecule has 0 saturated heterocycles. The molecule has 0 amide bonds. The number of ether oxygens (including phenoxy) is 1. The number of hydrogen-bond acceptors (Lipinski definition) is 2. The molecule has 2 fully saturated rings. The number of esters is 1. The maximum atomic E-state index is 10.8. The molecule has 0 spiro atoms. The summed E-state index contributed by atoms with van der Waals surface area (Å²) in [5.74, 6) is 0.972. The molecule has 4 atom stereocenters. The molecule has 0 bridgehead atoms. The van der Waals surface area contributed by atoms with E-state index in [0.29, 0.717) is 11.8 Å². The summed E-state index contributed by atoms with van der Waals surface area (Å²) >= 11 is 6.16. The van der Waals surface area contributed by atoms with Crippen molar-refractivity contribution < 1.29 is 9.53 Å². The molecule has 0 aliphatic heterocycles. The second kappa shape index (κ2) is 3.49. The largest absolute Gasteiger partial charge is 0.461 e. The van der Waals surface area contributed by atoms with Gasteiger partial charge in [0.15, 0.2) is 0 Å². The molecule has 0 unspecified atom stereocenters. The second-order valence-corrected chi connectivity index (χ2v) is 4.63. The van der Waals surface area contributed by atoms with Gasteiger partial charge in [-0.3, -0.25) is 4.79 Å². The molecule has 74 valence electrons. The fraction of sp³-hybridized carbons (Fsp3) is 0.900. The van der Waals surface area contributed by atoms with Gasteiger partial charge < -0.3 is 4.74 Å². The fourth-order valence-corrected chi connectivity index (χ4v) is 3.22. The van der Waals surface area contributed by atoms with Crippen LogP contribution in [0.5, 0.6) is 0 Å². The van der Waals surface area contributed by atoms with Gasteiger partial charge in [0.1, 0.15) is 6.10 Å². The van der Waals surface area contributed by atoms with Gasteiger partial charge in [-0.2, -0.15) is 0 Å². The summed E-state index contributed by atoms with van der Waals surface area (Å²) in [5, 5.41) is 0.0780.